The molecule has 2 aliphatic heterocycles. The first kappa shape index (κ1) is 22.0. The third-order valence-corrected chi connectivity index (χ3v) is 6.19. The third kappa shape index (κ3) is 5.70. The lowest BCUT2D eigenvalue weighted by atomic mass is 10.2. The van der Waals surface area contributed by atoms with Gasteiger partial charge in [0, 0.05) is 70.1 Å². The van der Waals surface area contributed by atoms with E-state index < -0.39 is 0 Å². The molecule has 4 rings (SSSR count). The lowest BCUT2D eigenvalue weighted by Gasteiger charge is -2.35. The molecule has 0 amide bonds. The van der Waals surface area contributed by atoms with Crippen LogP contribution < -0.4 is 15.5 Å². The van der Waals surface area contributed by atoms with Crippen molar-refractivity contribution in [2.24, 2.45) is 10.7 Å². The van der Waals surface area contributed by atoms with Crippen molar-refractivity contribution in [2.45, 2.75) is 6.54 Å². The Morgan fingerprint density at radius 1 is 1.03 bits per heavy atom. The zero-order chi connectivity index (χ0) is 19.3. The van der Waals surface area contributed by atoms with E-state index in [1.807, 2.05) is 23.8 Å². The summed E-state index contributed by atoms with van der Waals surface area (Å²) in [5, 5.41) is 3.10. The summed E-state index contributed by atoms with van der Waals surface area (Å²) in [7, 11) is 2.16. The summed E-state index contributed by atoms with van der Waals surface area (Å²) >= 11 is 1.68. The first-order chi connectivity index (χ1) is 13.7. The van der Waals surface area contributed by atoms with Gasteiger partial charge in [0.25, 0.3) is 0 Å². The molecule has 0 spiro atoms. The van der Waals surface area contributed by atoms with Gasteiger partial charge in [-0.15, -0.1) is 35.3 Å². The molecule has 0 atom stereocenters. The number of aliphatic imine (C=N–C) groups is 1. The Balaban J connectivity index is 0.00000240. The molecule has 2 fully saturated rings. The zero-order valence-electron chi connectivity index (χ0n) is 16.8. The fourth-order valence-corrected chi connectivity index (χ4v) is 4.24. The molecule has 0 saturated carbocycles. The number of nitrogens with two attached hydrogens (primary N) is 1. The summed E-state index contributed by atoms with van der Waals surface area (Å²) in [5.74, 6) is 1.66. The van der Waals surface area contributed by atoms with Crippen molar-refractivity contribution in [3.05, 3.63) is 35.5 Å². The van der Waals surface area contributed by atoms with Gasteiger partial charge in [0.15, 0.2) is 11.1 Å². The van der Waals surface area contributed by atoms with Gasteiger partial charge in [-0.2, -0.15) is 0 Å². The molecule has 2 saturated heterocycles. The highest BCUT2D eigenvalue weighted by molar-refractivity contribution is 14.0. The molecule has 2 aliphatic rings. The fraction of sp³-hybridized carbons (Fsp3) is 0.526. The summed E-state index contributed by atoms with van der Waals surface area (Å²) in [5.41, 5.74) is 7.42. The van der Waals surface area contributed by atoms with E-state index in [0.29, 0.717) is 12.5 Å². The van der Waals surface area contributed by atoms with Gasteiger partial charge < -0.3 is 25.3 Å². The van der Waals surface area contributed by atoms with Crippen LogP contribution in [-0.2, 0) is 6.54 Å². The molecule has 4 heterocycles. The maximum Gasteiger partial charge on any atom is 0.191 e. The molecular weight excluding hydrogens is 499 g/mol. The first-order valence-corrected chi connectivity index (χ1v) is 10.6. The van der Waals surface area contributed by atoms with E-state index in [9.17, 15) is 0 Å². The Bertz CT molecular complexity index is 783. The molecule has 2 aromatic rings. The Morgan fingerprint density at radius 3 is 2.45 bits per heavy atom. The van der Waals surface area contributed by atoms with Crippen LogP contribution in [-0.4, -0.2) is 85.1 Å². The summed E-state index contributed by atoms with van der Waals surface area (Å²) in [6, 6.07) is 4.17. The van der Waals surface area contributed by atoms with E-state index in [4.69, 9.17) is 5.73 Å². The summed E-state index contributed by atoms with van der Waals surface area (Å²) in [6.07, 6.45) is 3.73. The van der Waals surface area contributed by atoms with Gasteiger partial charge >= 0.3 is 0 Å². The summed E-state index contributed by atoms with van der Waals surface area (Å²) < 4.78 is 0. The van der Waals surface area contributed by atoms with Crippen LogP contribution in [0.1, 0.15) is 5.56 Å². The molecule has 0 unspecified atom stereocenters. The van der Waals surface area contributed by atoms with Crippen LogP contribution in [0.15, 0.2) is 34.9 Å². The van der Waals surface area contributed by atoms with E-state index in [1.165, 1.54) is 0 Å². The monoisotopic (exact) mass is 528 g/mol. The van der Waals surface area contributed by atoms with Crippen LogP contribution in [0, 0.1) is 0 Å². The van der Waals surface area contributed by atoms with Gasteiger partial charge in [0.2, 0.25) is 0 Å². The van der Waals surface area contributed by atoms with Crippen LogP contribution in [0.3, 0.4) is 0 Å². The zero-order valence-corrected chi connectivity index (χ0v) is 19.9. The predicted molar refractivity (Wildman–Crippen MR) is 131 cm³/mol. The highest BCUT2D eigenvalue weighted by Gasteiger charge is 2.20. The number of anilines is 2. The maximum absolute atomic E-state index is 6.27. The second-order valence-electron chi connectivity index (χ2n) is 7.28. The number of piperazine rings is 2. The molecule has 8 nitrogen and oxygen atoms in total. The highest BCUT2D eigenvalue weighted by Crippen LogP contribution is 2.19. The second-order valence-corrected chi connectivity index (χ2v) is 8.15. The Morgan fingerprint density at radius 2 is 1.76 bits per heavy atom. The van der Waals surface area contributed by atoms with E-state index in [1.54, 1.807) is 11.3 Å². The number of aromatic nitrogens is 2. The molecule has 0 aromatic carbocycles. The lowest BCUT2D eigenvalue weighted by Crippen LogP contribution is -2.51. The number of pyridine rings is 1. The molecule has 0 bridgehead atoms. The van der Waals surface area contributed by atoms with E-state index >= 15 is 0 Å². The maximum atomic E-state index is 6.27. The van der Waals surface area contributed by atoms with Gasteiger partial charge in [-0.1, -0.05) is 0 Å². The van der Waals surface area contributed by atoms with Gasteiger partial charge in [-0.05, 0) is 24.7 Å². The summed E-state index contributed by atoms with van der Waals surface area (Å²) in [4.78, 5) is 22.7. The average molecular weight is 528 g/mol. The molecular formula is C19H29IN8S. The van der Waals surface area contributed by atoms with Crippen molar-refractivity contribution in [3.8, 4) is 0 Å². The van der Waals surface area contributed by atoms with Crippen LogP contribution in [0.25, 0.3) is 0 Å². The highest BCUT2D eigenvalue weighted by atomic mass is 127. The standard InChI is InChI=1S/C19H28N8S.HI/c1-24-5-7-25(8-6-24)17-14-16(2-3-21-17)15-23-18(20)26-9-11-27(12-10-26)19-22-4-13-28-19;/h2-4,13-14H,5-12,15H2,1H3,(H2,20,23);1H. The number of thiazole rings is 1. The minimum absolute atomic E-state index is 0. The second kappa shape index (κ2) is 10.4. The minimum atomic E-state index is 0. The van der Waals surface area contributed by atoms with Gasteiger partial charge in [-0.3, -0.25) is 0 Å². The molecule has 158 valence electrons. The third-order valence-electron chi connectivity index (χ3n) is 5.35. The quantitative estimate of drug-likeness (QED) is 0.367. The summed E-state index contributed by atoms with van der Waals surface area (Å²) in [6.45, 7) is 8.36. The van der Waals surface area contributed by atoms with Crippen molar-refractivity contribution < 1.29 is 0 Å². The van der Waals surface area contributed by atoms with Crippen molar-refractivity contribution >= 4 is 52.2 Å². The number of guanidine groups is 1. The number of halogens is 1. The van der Waals surface area contributed by atoms with Crippen molar-refractivity contribution in [2.75, 3.05) is 69.2 Å². The van der Waals surface area contributed by atoms with Crippen LogP contribution in [0.2, 0.25) is 0 Å². The van der Waals surface area contributed by atoms with E-state index in [-0.39, 0.29) is 24.0 Å². The Hall–Kier alpha value is -1.66. The van der Waals surface area contributed by atoms with Crippen LogP contribution >= 0.6 is 35.3 Å². The van der Waals surface area contributed by atoms with Gasteiger partial charge in [0.05, 0.1) is 6.54 Å². The van der Waals surface area contributed by atoms with Crippen LogP contribution in [0.4, 0.5) is 10.9 Å². The average Bonchev–Trinajstić information content (AvgIpc) is 3.28. The number of nitrogens with zero attached hydrogens (tertiary/aromatic N) is 7. The smallest absolute Gasteiger partial charge is 0.191 e. The lowest BCUT2D eigenvalue weighted by molar-refractivity contribution is 0.312. The number of hydrogen-bond donors (Lipinski definition) is 1. The van der Waals surface area contributed by atoms with Gasteiger partial charge in [-0.25, -0.2) is 15.0 Å². The van der Waals surface area contributed by atoms with Crippen molar-refractivity contribution in [1.29, 1.82) is 0 Å². The van der Waals surface area contributed by atoms with Crippen LogP contribution in [0.5, 0.6) is 0 Å². The van der Waals surface area contributed by atoms with Gasteiger partial charge in [0.1, 0.15) is 5.82 Å². The first-order valence-electron chi connectivity index (χ1n) is 9.77. The Labute approximate surface area is 193 Å². The Kier molecular flexibility index (Phi) is 7.90. The normalized spacial score (nSPS) is 18.7. The molecule has 0 radical (unpaired) electrons. The predicted octanol–water partition coefficient (Wildman–Crippen LogP) is 1.54. The number of rotatable bonds is 4. The fourth-order valence-electron chi connectivity index (χ4n) is 3.54. The molecule has 29 heavy (non-hydrogen) atoms. The minimum Gasteiger partial charge on any atom is -0.370 e. The molecule has 10 heteroatoms. The molecule has 2 aromatic heterocycles. The van der Waals surface area contributed by atoms with E-state index in [0.717, 1.165) is 68.9 Å². The SMILES string of the molecule is CN1CCN(c2cc(CN=C(N)N3CCN(c4nccs4)CC3)ccn2)CC1.I. The topological polar surface area (TPSA) is 77.1 Å². The molecule has 2 N–H and O–H groups in total. The van der Waals surface area contributed by atoms with E-state index in [2.05, 4.69) is 47.7 Å². The number of hydrogen-bond acceptors (Lipinski definition) is 7. The largest absolute Gasteiger partial charge is 0.370 e. The number of likely N-dealkylation sites (N-methyl/N-ethyl adjacent to an activating group) is 1. The molecule has 0 aliphatic carbocycles. The van der Waals surface area contributed by atoms with Crippen molar-refractivity contribution in [3.63, 3.8) is 0 Å². The van der Waals surface area contributed by atoms with Crippen molar-refractivity contribution in [1.82, 2.24) is 19.8 Å².